The Labute approximate surface area is 330 Å². The van der Waals surface area contributed by atoms with Gasteiger partial charge in [-0.3, -0.25) is 9.59 Å². The molecule has 2 saturated carbocycles. The number of carboxylic acid groups (broad SMARTS) is 1. The van der Waals surface area contributed by atoms with E-state index >= 15 is 0 Å². The number of urea groups is 1. The largest absolute Gasteiger partial charge is 0.495 e. The molecule has 2 aliphatic heterocycles. The molecule has 2 aromatic rings. The van der Waals surface area contributed by atoms with Crippen molar-refractivity contribution in [2.24, 2.45) is 17.8 Å². The maximum Gasteiger partial charge on any atom is 0.326 e. The number of amides is 4. The van der Waals surface area contributed by atoms with Crippen LogP contribution in [0.2, 0.25) is 0 Å². The summed E-state index contributed by atoms with van der Waals surface area (Å²) in [5, 5.41) is 22.1. The van der Waals surface area contributed by atoms with Crippen LogP contribution in [-0.4, -0.2) is 108 Å². The molecule has 4 amide bonds. The van der Waals surface area contributed by atoms with Crippen LogP contribution in [0.1, 0.15) is 102 Å². The highest BCUT2D eigenvalue weighted by molar-refractivity contribution is 6.04. The van der Waals surface area contributed by atoms with Crippen molar-refractivity contribution in [1.29, 1.82) is 0 Å². The molecule has 15 heteroatoms. The first-order valence-corrected chi connectivity index (χ1v) is 20.7. The number of nitrogens with zero attached hydrogens (tertiary/aromatic N) is 5. The van der Waals surface area contributed by atoms with Crippen LogP contribution in [-0.2, 0) is 9.59 Å². The van der Waals surface area contributed by atoms with Crippen molar-refractivity contribution in [1.82, 2.24) is 30.8 Å². The minimum atomic E-state index is -0.981. The van der Waals surface area contributed by atoms with Crippen LogP contribution >= 0.6 is 0 Å². The van der Waals surface area contributed by atoms with E-state index in [-0.39, 0.29) is 41.8 Å². The highest BCUT2D eigenvalue weighted by Crippen LogP contribution is 2.41. The Hall–Kier alpha value is -4.66. The molecule has 4 aliphatic rings. The number of nitrogens with one attached hydrogen (secondary N) is 4. The first kappa shape index (κ1) is 41.0. The number of hydrogen-bond acceptors (Lipinski definition) is 10. The molecule has 3 fully saturated rings. The lowest BCUT2D eigenvalue weighted by molar-refractivity contribution is -0.142. The molecular formula is C41H61N9O6. The van der Waals surface area contributed by atoms with Crippen LogP contribution in [0.5, 0.6) is 5.75 Å². The molecule has 0 bridgehead atoms. The molecule has 3 atom stereocenters. The highest BCUT2D eigenvalue weighted by Gasteiger charge is 2.42. The van der Waals surface area contributed by atoms with Gasteiger partial charge >= 0.3 is 12.0 Å². The number of fused-ring (bicyclic) bond motifs is 1. The summed E-state index contributed by atoms with van der Waals surface area (Å²) in [6.45, 7) is 8.67. The van der Waals surface area contributed by atoms with Gasteiger partial charge in [0.1, 0.15) is 23.5 Å². The summed E-state index contributed by atoms with van der Waals surface area (Å²) < 4.78 is 5.69. The quantitative estimate of drug-likeness (QED) is 0.162. The summed E-state index contributed by atoms with van der Waals surface area (Å²) in [4.78, 5) is 67.2. The van der Waals surface area contributed by atoms with Gasteiger partial charge in [-0.2, -0.15) is 4.98 Å². The maximum absolute atomic E-state index is 13.4. The number of carbonyl (C=O) groups excluding carboxylic acids is 3. The van der Waals surface area contributed by atoms with Gasteiger partial charge in [-0.1, -0.05) is 59.3 Å². The number of anilines is 4. The molecule has 15 nitrogen and oxygen atoms in total. The normalized spacial score (nSPS) is 20.8. The van der Waals surface area contributed by atoms with Crippen molar-refractivity contribution in [2.45, 2.75) is 116 Å². The van der Waals surface area contributed by atoms with Gasteiger partial charge in [-0.25, -0.2) is 14.6 Å². The average molecular weight is 776 g/mol. The van der Waals surface area contributed by atoms with Crippen molar-refractivity contribution in [3.8, 4) is 5.75 Å². The summed E-state index contributed by atoms with van der Waals surface area (Å²) >= 11 is 0. The second-order valence-electron chi connectivity index (χ2n) is 16.3. The van der Waals surface area contributed by atoms with Crippen molar-refractivity contribution in [2.75, 3.05) is 55.5 Å². The van der Waals surface area contributed by atoms with Crippen molar-refractivity contribution >= 4 is 47.0 Å². The smallest absolute Gasteiger partial charge is 0.326 e. The third-order valence-corrected chi connectivity index (χ3v) is 12.4. The number of likely N-dealkylation sites (tertiary alicyclic amines) is 1. The van der Waals surface area contributed by atoms with E-state index in [1.807, 2.05) is 20.8 Å². The lowest BCUT2D eigenvalue weighted by Crippen LogP contribution is -2.55. The van der Waals surface area contributed by atoms with Gasteiger partial charge in [0, 0.05) is 50.9 Å². The van der Waals surface area contributed by atoms with Crippen LogP contribution in [0.3, 0.4) is 0 Å². The molecule has 3 heterocycles. The number of carbonyl (C=O) groups is 4. The van der Waals surface area contributed by atoms with Gasteiger partial charge in [-0.05, 0) is 68.1 Å². The van der Waals surface area contributed by atoms with Crippen molar-refractivity contribution in [3.05, 3.63) is 30.0 Å². The number of aliphatic carboxylic acids is 1. The highest BCUT2D eigenvalue weighted by atomic mass is 16.5. The number of methoxy groups -OCH3 is 1. The number of ether oxygens (including phenoxy) is 1. The molecular weight excluding hydrogens is 715 g/mol. The van der Waals surface area contributed by atoms with Crippen LogP contribution in [0.4, 0.5) is 27.9 Å². The SMILES string of the molecule is CC[C@@H]1C(=O)N(C)c2cnc(Nc3ccc(C(=O)NC4CCN(CCNC(=O)N[C@H](C(=O)O)C(C(C)C)C5CCCC5)CC4)cc3OC)nc2N1C1CCCC1. The summed E-state index contributed by atoms with van der Waals surface area (Å²) in [5.74, 6) is 0.877. The number of likely N-dealkylation sites (N-methyl/N-ethyl adjacent to an activating group) is 1. The van der Waals surface area contributed by atoms with E-state index in [4.69, 9.17) is 9.72 Å². The van der Waals surface area contributed by atoms with E-state index in [1.54, 1.807) is 43.5 Å². The lowest BCUT2D eigenvalue weighted by Gasteiger charge is -2.43. The Balaban J connectivity index is 0.990. The Morgan fingerprint density at radius 1 is 1.02 bits per heavy atom. The number of benzene rings is 1. The number of piperidine rings is 1. The molecule has 1 unspecified atom stereocenters. The predicted octanol–water partition coefficient (Wildman–Crippen LogP) is 5.14. The van der Waals surface area contributed by atoms with Gasteiger partial charge in [0.25, 0.3) is 5.91 Å². The standard InChI is InChI=1S/C41H61N9O6/c1-6-31-38(52)48(4)32-24-43-40(47-36(32)50(31)29-13-9-10-14-29)45-30-16-15-27(23-33(30)56-5)37(51)44-28-17-20-49(21-18-28)22-19-42-41(55)46-35(39(53)54)34(25(2)3)26-11-7-8-12-26/h15-16,23-26,28-29,31,34-35H,6-14,17-22H2,1-5H3,(H,44,51)(H,53,54)(H2,42,46,55)(H,43,45,47)/t31-,34?,35+/m1/s1. The number of carboxylic acids is 1. The first-order valence-electron chi connectivity index (χ1n) is 20.7. The fourth-order valence-corrected chi connectivity index (χ4v) is 9.46. The summed E-state index contributed by atoms with van der Waals surface area (Å²) in [5.41, 5.74) is 1.79. The summed E-state index contributed by atoms with van der Waals surface area (Å²) in [6.07, 6.45) is 12.5. The van der Waals surface area contributed by atoms with Crippen molar-refractivity contribution in [3.63, 3.8) is 0 Å². The minimum absolute atomic E-state index is 0.00218. The topological polar surface area (TPSA) is 181 Å². The van der Waals surface area contributed by atoms with Gasteiger partial charge in [-0.15, -0.1) is 0 Å². The molecule has 6 rings (SSSR count). The molecule has 0 spiro atoms. The second-order valence-corrected chi connectivity index (χ2v) is 16.3. The van der Waals surface area contributed by atoms with Crippen LogP contribution in [0.15, 0.2) is 24.4 Å². The van der Waals surface area contributed by atoms with E-state index in [0.717, 1.165) is 83.1 Å². The zero-order valence-electron chi connectivity index (χ0n) is 33.7. The Kier molecular flexibility index (Phi) is 13.6. The van der Waals surface area contributed by atoms with E-state index in [9.17, 15) is 24.3 Å². The van der Waals surface area contributed by atoms with Crippen LogP contribution in [0.25, 0.3) is 0 Å². The van der Waals surface area contributed by atoms with Gasteiger partial charge in [0.05, 0.1) is 19.0 Å². The van der Waals surface area contributed by atoms with Gasteiger partial charge in [0.15, 0.2) is 5.82 Å². The monoisotopic (exact) mass is 775 g/mol. The molecule has 2 aliphatic carbocycles. The molecule has 5 N–H and O–H groups in total. The van der Waals surface area contributed by atoms with E-state index in [1.165, 1.54) is 0 Å². The zero-order chi connectivity index (χ0) is 39.9. The Morgan fingerprint density at radius 3 is 2.36 bits per heavy atom. The summed E-state index contributed by atoms with van der Waals surface area (Å²) in [7, 11) is 3.34. The summed E-state index contributed by atoms with van der Waals surface area (Å²) in [6, 6.07) is 3.89. The number of hydrogen-bond donors (Lipinski definition) is 5. The molecule has 1 aromatic heterocycles. The average Bonchev–Trinajstić information content (AvgIpc) is 3.92. The minimum Gasteiger partial charge on any atom is -0.495 e. The van der Waals surface area contributed by atoms with Gasteiger partial charge < -0.3 is 45.8 Å². The molecule has 1 aromatic carbocycles. The number of rotatable bonds is 15. The molecule has 56 heavy (non-hydrogen) atoms. The third kappa shape index (κ3) is 9.30. The fraction of sp³-hybridized carbons (Fsp3) is 0.659. The molecule has 306 valence electrons. The molecule has 0 radical (unpaired) electrons. The molecule has 1 saturated heterocycles. The van der Waals surface area contributed by atoms with Crippen molar-refractivity contribution < 1.29 is 29.0 Å². The third-order valence-electron chi connectivity index (χ3n) is 12.4. The van der Waals surface area contributed by atoms with E-state index in [0.29, 0.717) is 54.1 Å². The second kappa shape index (κ2) is 18.5. The Morgan fingerprint density at radius 2 is 1.71 bits per heavy atom. The van der Waals surface area contributed by atoms with Crippen LogP contribution < -0.4 is 35.8 Å². The predicted molar refractivity (Wildman–Crippen MR) is 216 cm³/mol. The van der Waals surface area contributed by atoms with E-state index < -0.39 is 18.0 Å². The first-order chi connectivity index (χ1) is 27.0. The number of aromatic nitrogens is 2. The zero-order valence-corrected chi connectivity index (χ0v) is 33.7. The lowest BCUT2D eigenvalue weighted by atomic mass is 9.77. The van der Waals surface area contributed by atoms with Crippen LogP contribution in [0, 0.1) is 17.8 Å². The fourth-order valence-electron chi connectivity index (χ4n) is 9.46. The Bertz CT molecular complexity index is 1700. The van der Waals surface area contributed by atoms with Gasteiger partial charge in [0.2, 0.25) is 11.9 Å². The maximum atomic E-state index is 13.4. The van der Waals surface area contributed by atoms with E-state index in [2.05, 4.69) is 36.1 Å².